The van der Waals surface area contributed by atoms with Crippen LogP contribution >= 0.6 is 17.0 Å². The predicted molar refractivity (Wildman–Crippen MR) is 137 cm³/mol. The van der Waals surface area contributed by atoms with Gasteiger partial charge in [0.15, 0.2) is 0 Å². The van der Waals surface area contributed by atoms with Gasteiger partial charge >= 0.3 is 37.9 Å². The van der Waals surface area contributed by atoms with Crippen molar-refractivity contribution in [2.75, 3.05) is 0 Å². The molecule has 0 aliphatic carbocycles. The van der Waals surface area contributed by atoms with Crippen LogP contribution in [0.5, 0.6) is 0 Å². The maximum absolute atomic E-state index is 4.93. The average Bonchev–Trinajstić information content (AvgIpc) is 3.10. The number of aryl methyl sites for hydroxylation is 2. The molecule has 0 aliphatic rings. The molecule has 0 fully saturated rings. The van der Waals surface area contributed by atoms with Gasteiger partial charge in [-0.15, -0.1) is 34.5 Å². The molecule has 0 aliphatic heterocycles. The van der Waals surface area contributed by atoms with Crippen molar-refractivity contribution in [2.45, 2.75) is 85.5 Å². The molecule has 3 rings (SSSR count). The third-order valence-electron chi connectivity index (χ3n) is 5.92. The fourth-order valence-electron chi connectivity index (χ4n) is 4.05. The Morgan fingerprint density at radius 2 is 1.39 bits per heavy atom. The number of rotatable bonds is 4. The molecule has 0 aromatic heterocycles. The summed E-state index contributed by atoms with van der Waals surface area (Å²) >= 11 is -0.826. The van der Waals surface area contributed by atoms with Gasteiger partial charge in [0.25, 0.3) is 0 Å². The summed E-state index contributed by atoms with van der Waals surface area (Å²) in [5.74, 6) is 0. The van der Waals surface area contributed by atoms with E-state index in [1.165, 1.54) is 50.6 Å². The Morgan fingerprint density at radius 3 is 1.84 bits per heavy atom. The molecule has 0 saturated carbocycles. The Bertz CT molecular complexity index is 968. The Labute approximate surface area is 208 Å². The first kappa shape index (κ1) is 26.8. The molecule has 0 N–H and O–H groups in total. The van der Waals surface area contributed by atoms with Crippen LogP contribution in [0.4, 0.5) is 0 Å². The van der Waals surface area contributed by atoms with E-state index in [4.69, 9.17) is 17.0 Å². The molecule has 0 amide bonds. The van der Waals surface area contributed by atoms with Crippen molar-refractivity contribution in [2.24, 2.45) is 0 Å². The Balaban J connectivity index is 0.00000107. The van der Waals surface area contributed by atoms with Gasteiger partial charge in [0, 0.05) is 0 Å². The summed E-state index contributed by atoms with van der Waals surface area (Å²) in [5, 5.41) is 2.80. The molecule has 3 aromatic rings. The van der Waals surface area contributed by atoms with Gasteiger partial charge in [-0.25, -0.2) is 0 Å². The first-order valence-electron chi connectivity index (χ1n) is 11.3. The van der Waals surface area contributed by atoms with E-state index in [-0.39, 0.29) is 10.8 Å². The second-order valence-electron chi connectivity index (χ2n) is 10.4. The molecular formula is C28H37Cl2Zr-. The molecule has 0 heterocycles. The number of halogens is 2. The fourth-order valence-corrected chi connectivity index (χ4v) is 4.05. The van der Waals surface area contributed by atoms with E-state index in [2.05, 4.69) is 97.9 Å². The minimum absolute atomic E-state index is 0.134. The zero-order chi connectivity index (χ0) is 23.4. The zero-order valence-electron chi connectivity index (χ0n) is 20.4. The summed E-state index contributed by atoms with van der Waals surface area (Å²) in [4.78, 5) is 0. The normalized spacial score (nSPS) is 11.9. The van der Waals surface area contributed by atoms with Crippen LogP contribution in [0.1, 0.15) is 84.1 Å². The fraction of sp³-hybridized carbons (Fsp3) is 0.464. The first-order chi connectivity index (χ1) is 14.5. The van der Waals surface area contributed by atoms with Crippen LogP contribution in [0, 0.1) is 0 Å². The summed E-state index contributed by atoms with van der Waals surface area (Å²) in [7, 11) is 9.87. The van der Waals surface area contributed by atoms with E-state index in [1.54, 1.807) is 0 Å². The molecular weight excluding hydrogens is 498 g/mol. The van der Waals surface area contributed by atoms with E-state index >= 15 is 0 Å². The van der Waals surface area contributed by atoms with Crippen molar-refractivity contribution in [3.05, 3.63) is 64.7 Å². The SMILES string of the molecule is CCCc1ccc2[cH-]c(CC)cc2c1-c1cc(C(C)(C)C)cc(C(C)(C)C)c1.[Cl][Zr][Cl]. The summed E-state index contributed by atoms with van der Waals surface area (Å²) in [6.45, 7) is 18.5. The van der Waals surface area contributed by atoms with Crippen molar-refractivity contribution in [1.29, 1.82) is 0 Å². The molecule has 0 unspecified atom stereocenters. The molecule has 0 bridgehead atoms. The molecule has 3 aromatic carbocycles. The number of benzene rings is 2. The van der Waals surface area contributed by atoms with Crippen LogP contribution in [0.25, 0.3) is 21.9 Å². The molecule has 0 atom stereocenters. The van der Waals surface area contributed by atoms with Crippen molar-refractivity contribution in [3.8, 4) is 11.1 Å². The van der Waals surface area contributed by atoms with Gasteiger partial charge in [0.05, 0.1) is 0 Å². The number of fused-ring (bicyclic) bond motifs is 1. The molecule has 31 heavy (non-hydrogen) atoms. The Kier molecular flexibility index (Phi) is 9.57. The second kappa shape index (κ2) is 11.1. The van der Waals surface area contributed by atoms with E-state index < -0.39 is 20.8 Å². The van der Waals surface area contributed by atoms with Gasteiger partial charge in [-0.2, -0.15) is 6.07 Å². The summed E-state index contributed by atoms with van der Waals surface area (Å²) in [6.07, 6.45) is 3.39. The van der Waals surface area contributed by atoms with E-state index in [1.807, 2.05) is 0 Å². The zero-order valence-corrected chi connectivity index (χ0v) is 24.4. The Hall–Kier alpha value is -0.487. The quantitative estimate of drug-likeness (QED) is 0.292. The topological polar surface area (TPSA) is 0 Å². The van der Waals surface area contributed by atoms with Crippen LogP contribution in [0.15, 0.2) is 42.5 Å². The summed E-state index contributed by atoms with van der Waals surface area (Å²) in [5.41, 5.74) is 8.89. The Morgan fingerprint density at radius 1 is 0.839 bits per heavy atom. The van der Waals surface area contributed by atoms with Crippen LogP contribution in [0.2, 0.25) is 0 Å². The van der Waals surface area contributed by atoms with Crippen molar-refractivity contribution in [1.82, 2.24) is 0 Å². The van der Waals surface area contributed by atoms with E-state index in [0.29, 0.717) is 0 Å². The third kappa shape index (κ3) is 6.75. The standard InChI is InChI=1S/C28H37.2ClH.Zr/c1-9-11-20-12-13-21-14-19(10-2)15-25(21)26(20)22-16-23(27(3,4)5)18-24(17-22)28(6,7)8;;;/h12-18H,9-11H2,1-8H3;2*1H;/q-1;;;+2/p-2. The molecule has 3 heteroatoms. The summed E-state index contributed by atoms with van der Waals surface area (Å²) < 4.78 is 0. The number of hydrogen-bond acceptors (Lipinski definition) is 0. The average molecular weight is 536 g/mol. The number of hydrogen-bond donors (Lipinski definition) is 0. The molecule has 168 valence electrons. The summed E-state index contributed by atoms with van der Waals surface area (Å²) in [6, 6.07) is 16.8. The van der Waals surface area contributed by atoms with Crippen LogP contribution < -0.4 is 0 Å². The minimum atomic E-state index is -0.826. The van der Waals surface area contributed by atoms with Gasteiger partial charge in [0.2, 0.25) is 0 Å². The van der Waals surface area contributed by atoms with Gasteiger partial charge in [-0.1, -0.05) is 91.1 Å². The molecule has 0 saturated heterocycles. The van der Waals surface area contributed by atoms with Crippen LogP contribution in [-0.4, -0.2) is 0 Å². The molecule has 0 spiro atoms. The van der Waals surface area contributed by atoms with E-state index in [0.717, 1.165) is 12.8 Å². The molecule has 0 radical (unpaired) electrons. The molecule has 0 nitrogen and oxygen atoms in total. The monoisotopic (exact) mass is 533 g/mol. The van der Waals surface area contributed by atoms with Crippen molar-refractivity contribution in [3.63, 3.8) is 0 Å². The second-order valence-corrected chi connectivity index (χ2v) is 14.2. The van der Waals surface area contributed by atoms with Gasteiger partial charge < -0.3 is 0 Å². The predicted octanol–water partition coefficient (Wildman–Crippen LogP) is 9.71. The maximum atomic E-state index is 4.93. The van der Waals surface area contributed by atoms with Gasteiger partial charge in [0.1, 0.15) is 0 Å². The van der Waals surface area contributed by atoms with Crippen molar-refractivity contribution < 1.29 is 20.8 Å². The first-order valence-corrected chi connectivity index (χ1v) is 17.6. The van der Waals surface area contributed by atoms with Gasteiger partial charge in [-0.05, 0) is 40.4 Å². The third-order valence-corrected chi connectivity index (χ3v) is 5.92. The van der Waals surface area contributed by atoms with Crippen molar-refractivity contribution >= 4 is 27.8 Å². The van der Waals surface area contributed by atoms with Gasteiger partial charge in [-0.3, -0.25) is 0 Å². The van der Waals surface area contributed by atoms with Crippen LogP contribution in [-0.2, 0) is 44.5 Å². The van der Waals surface area contributed by atoms with E-state index in [9.17, 15) is 0 Å². The van der Waals surface area contributed by atoms with Crippen LogP contribution in [0.3, 0.4) is 0 Å².